The molecule has 1 atom stereocenters. The van der Waals surface area contributed by atoms with Crippen LogP contribution in [-0.2, 0) is 14.3 Å². The number of amides is 1. The number of carbonyl (C=O) groups excluding carboxylic acids is 2. The summed E-state index contributed by atoms with van der Waals surface area (Å²) >= 11 is 0. The maximum Gasteiger partial charge on any atom is 0.332 e. The predicted octanol–water partition coefficient (Wildman–Crippen LogP) is 3.81. The molecule has 3 aromatic carbocycles. The van der Waals surface area contributed by atoms with Gasteiger partial charge < -0.3 is 10.1 Å². The van der Waals surface area contributed by atoms with Gasteiger partial charge in [0.25, 0.3) is 11.6 Å². The Morgan fingerprint density at radius 2 is 1.45 bits per heavy atom. The lowest BCUT2D eigenvalue weighted by atomic mass is 9.97. The topological polar surface area (TPSA) is 98.5 Å². The van der Waals surface area contributed by atoms with Crippen molar-refractivity contribution in [3.63, 3.8) is 0 Å². The summed E-state index contributed by atoms with van der Waals surface area (Å²) in [7, 11) is 0. The van der Waals surface area contributed by atoms with Gasteiger partial charge in [-0.2, -0.15) is 0 Å². The van der Waals surface area contributed by atoms with Crippen molar-refractivity contribution in [1.29, 1.82) is 0 Å². The fourth-order valence-electron chi connectivity index (χ4n) is 3.49. The number of rotatable bonds is 6. The first kappa shape index (κ1) is 20.0. The highest BCUT2D eigenvalue weighted by Gasteiger charge is 2.35. The van der Waals surface area contributed by atoms with Crippen molar-refractivity contribution in [1.82, 2.24) is 5.32 Å². The molecule has 1 amide bonds. The monoisotopic (exact) mass is 414 g/mol. The number of ether oxygens (including phenoxy) is 1. The Hall–Kier alpha value is -4.26. The molecule has 0 bridgehead atoms. The Kier molecular flexibility index (Phi) is 5.57. The molecule has 3 aromatic rings. The molecule has 1 aliphatic rings. The van der Waals surface area contributed by atoms with Crippen molar-refractivity contribution in [2.24, 2.45) is 0 Å². The van der Waals surface area contributed by atoms with Crippen LogP contribution in [0.2, 0.25) is 0 Å². The van der Waals surface area contributed by atoms with E-state index in [4.69, 9.17) is 4.74 Å². The van der Waals surface area contributed by atoms with Crippen molar-refractivity contribution < 1.29 is 19.2 Å². The van der Waals surface area contributed by atoms with E-state index in [0.717, 1.165) is 11.1 Å². The number of nitrogens with one attached hydrogen (secondary N) is 1. The number of non-ortho nitro benzene ring substituents is 1. The predicted molar refractivity (Wildman–Crippen MR) is 114 cm³/mol. The van der Waals surface area contributed by atoms with Gasteiger partial charge in [-0.3, -0.25) is 14.9 Å². The number of nitro benzene ring substituents is 1. The Bertz CT molecular complexity index is 1100. The van der Waals surface area contributed by atoms with Gasteiger partial charge in [0, 0.05) is 23.8 Å². The zero-order valence-corrected chi connectivity index (χ0v) is 16.3. The van der Waals surface area contributed by atoms with E-state index < -0.39 is 28.9 Å². The normalized spacial score (nSPS) is 15.3. The maximum absolute atomic E-state index is 13.2. The lowest BCUT2D eigenvalue weighted by Crippen LogP contribution is -2.38. The van der Waals surface area contributed by atoms with E-state index in [2.05, 4.69) is 5.32 Å². The van der Waals surface area contributed by atoms with Crippen molar-refractivity contribution in [2.75, 3.05) is 0 Å². The van der Waals surface area contributed by atoms with Gasteiger partial charge in [0.1, 0.15) is 0 Å². The third-order valence-corrected chi connectivity index (χ3v) is 4.99. The number of carbonyl (C=O) groups is 2. The molecular formula is C24H18N2O5. The van der Waals surface area contributed by atoms with Crippen LogP contribution < -0.4 is 5.32 Å². The number of cyclic esters (lactones) is 1. The summed E-state index contributed by atoms with van der Waals surface area (Å²) in [4.78, 5) is 35.5. The average Bonchev–Trinajstić information content (AvgIpc) is 3.20. The second-order valence-electron chi connectivity index (χ2n) is 6.98. The molecule has 7 heteroatoms. The molecule has 0 radical (unpaired) electrons. The fourth-order valence-corrected chi connectivity index (χ4v) is 3.49. The van der Waals surface area contributed by atoms with Crippen LogP contribution >= 0.6 is 0 Å². The van der Waals surface area contributed by atoms with Gasteiger partial charge in [-0.15, -0.1) is 0 Å². The SMILES string of the molecule is O=C1C=C(c2ccc([N+](=O)[O-])cc2)C(C(=O)NC(c2ccccc2)c2ccccc2)O1. The van der Waals surface area contributed by atoms with E-state index in [1.807, 2.05) is 60.7 Å². The summed E-state index contributed by atoms with van der Waals surface area (Å²) < 4.78 is 5.26. The van der Waals surface area contributed by atoms with Crippen LogP contribution in [0.15, 0.2) is 91.0 Å². The zero-order valence-electron chi connectivity index (χ0n) is 16.3. The molecule has 0 fully saturated rings. The Labute approximate surface area is 178 Å². The van der Waals surface area contributed by atoms with Gasteiger partial charge >= 0.3 is 5.97 Å². The van der Waals surface area contributed by atoms with Crippen LogP contribution in [0.1, 0.15) is 22.7 Å². The van der Waals surface area contributed by atoms with E-state index >= 15 is 0 Å². The number of benzene rings is 3. The molecule has 1 unspecified atom stereocenters. The van der Waals surface area contributed by atoms with Gasteiger partial charge in [-0.25, -0.2) is 4.79 Å². The molecule has 1 N–H and O–H groups in total. The summed E-state index contributed by atoms with van der Waals surface area (Å²) in [5, 5.41) is 13.9. The van der Waals surface area contributed by atoms with Crippen molar-refractivity contribution >= 4 is 23.1 Å². The summed E-state index contributed by atoms with van der Waals surface area (Å²) in [5.41, 5.74) is 2.55. The van der Waals surface area contributed by atoms with Crippen molar-refractivity contribution in [2.45, 2.75) is 12.1 Å². The lowest BCUT2D eigenvalue weighted by Gasteiger charge is -2.22. The third-order valence-electron chi connectivity index (χ3n) is 4.99. The highest BCUT2D eigenvalue weighted by molar-refractivity contribution is 6.07. The molecule has 154 valence electrons. The van der Waals surface area contributed by atoms with E-state index in [0.29, 0.717) is 11.1 Å². The van der Waals surface area contributed by atoms with Crippen LogP contribution in [0.25, 0.3) is 5.57 Å². The molecule has 1 aliphatic heterocycles. The Morgan fingerprint density at radius 3 is 1.97 bits per heavy atom. The molecule has 0 saturated carbocycles. The average molecular weight is 414 g/mol. The molecule has 1 heterocycles. The highest BCUT2D eigenvalue weighted by atomic mass is 16.6. The molecule has 0 aromatic heterocycles. The first-order valence-corrected chi connectivity index (χ1v) is 9.60. The third kappa shape index (κ3) is 4.35. The molecule has 7 nitrogen and oxygen atoms in total. The van der Waals surface area contributed by atoms with Gasteiger partial charge in [0.05, 0.1) is 11.0 Å². The quantitative estimate of drug-likeness (QED) is 0.376. The molecule has 31 heavy (non-hydrogen) atoms. The smallest absolute Gasteiger partial charge is 0.332 e. The number of esters is 1. The lowest BCUT2D eigenvalue weighted by molar-refractivity contribution is -0.384. The number of hydrogen-bond donors (Lipinski definition) is 1. The Morgan fingerprint density at radius 1 is 0.903 bits per heavy atom. The standard InChI is InChI=1S/C24H18N2O5/c27-21-15-20(16-11-13-19(14-12-16)26(29)30)23(31-21)24(28)25-22(17-7-3-1-4-8-17)18-9-5-2-6-10-18/h1-15,22-23H,(H,25,28). The van der Waals surface area contributed by atoms with Crippen LogP contribution in [0.4, 0.5) is 5.69 Å². The molecule has 4 rings (SSSR count). The molecule has 0 saturated heterocycles. The van der Waals surface area contributed by atoms with E-state index in [-0.39, 0.29) is 5.69 Å². The second kappa shape index (κ2) is 8.62. The van der Waals surface area contributed by atoms with E-state index in [1.54, 1.807) is 0 Å². The minimum absolute atomic E-state index is 0.0798. The fraction of sp³-hybridized carbons (Fsp3) is 0.0833. The van der Waals surface area contributed by atoms with Crippen LogP contribution in [0.3, 0.4) is 0 Å². The second-order valence-corrected chi connectivity index (χ2v) is 6.98. The van der Waals surface area contributed by atoms with Crippen molar-refractivity contribution in [3.05, 3.63) is 118 Å². The van der Waals surface area contributed by atoms with Crippen molar-refractivity contribution in [3.8, 4) is 0 Å². The Balaban J connectivity index is 1.61. The largest absolute Gasteiger partial charge is 0.444 e. The minimum Gasteiger partial charge on any atom is -0.444 e. The molecule has 0 aliphatic carbocycles. The summed E-state index contributed by atoms with van der Waals surface area (Å²) in [5.74, 6) is -1.11. The summed E-state index contributed by atoms with van der Waals surface area (Å²) in [6.45, 7) is 0. The van der Waals surface area contributed by atoms with Crippen LogP contribution in [0.5, 0.6) is 0 Å². The van der Waals surface area contributed by atoms with Gasteiger partial charge in [-0.05, 0) is 28.8 Å². The number of hydrogen-bond acceptors (Lipinski definition) is 5. The molecular weight excluding hydrogens is 396 g/mol. The van der Waals surface area contributed by atoms with Gasteiger partial charge in [-0.1, -0.05) is 60.7 Å². The van der Waals surface area contributed by atoms with Crippen LogP contribution in [0, 0.1) is 10.1 Å². The highest BCUT2D eigenvalue weighted by Crippen LogP contribution is 2.29. The summed E-state index contributed by atoms with van der Waals surface area (Å²) in [6.07, 6.45) is 0.0923. The first-order chi connectivity index (χ1) is 15.0. The van der Waals surface area contributed by atoms with E-state index in [1.165, 1.54) is 30.3 Å². The van der Waals surface area contributed by atoms with Crippen LogP contribution in [-0.4, -0.2) is 22.9 Å². The van der Waals surface area contributed by atoms with Gasteiger partial charge in [0.15, 0.2) is 0 Å². The minimum atomic E-state index is -1.15. The first-order valence-electron chi connectivity index (χ1n) is 9.60. The zero-order chi connectivity index (χ0) is 21.8. The number of nitro groups is 1. The molecule has 0 spiro atoms. The van der Waals surface area contributed by atoms with Gasteiger partial charge in [0.2, 0.25) is 6.10 Å². The summed E-state index contributed by atoms with van der Waals surface area (Å²) in [6, 6.07) is 24.2. The maximum atomic E-state index is 13.2. The number of nitrogens with zero attached hydrogens (tertiary/aromatic N) is 1. The van der Waals surface area contributed by atoms with E-state index in [9.17, 15) is 19.7 Å².